The molecule has 10 aromatic heterocycles. The first kappa shape index (κ1) is 92.3. The number of aryl methyl sites for hydroxylation is 3. The van der Waals surface area contributed by atoms with Gasteiger partial charge in [-0.2, -0.15) is 0 Å². The van der Waals surface area contributed by atoms with Gasteiger partial charge in [0.25, 0.3) is 0 Å². The first-order valence-corrected chi connectivity index (χ1v) is 33.0. The van der Waals surface area contributed by atoms with Crippen molar-refractivity contribution in [3.8, 4) is 0 Å². The Morgan fingerprint density at radius 2 is 0.750 bits per heavy atom. The molecule has 568 valence electrons. The number of pyridine rings is 7. The van der Waals surface area contributed by atoms with E-state index in [9.17, 15) is 19.2 Å². The summed E-state index contributed by atoms with van der Waals surface area (Å²) in [6, 6.07) is 25.9. The average molecular weight is 1500 g/mol. The molecule has 0 aliphatic carbocycles. The summed E-state index contributed by atoms with van der Waals surface area (Å²) in [6.07, 6.45) is 12.2. The standard InChI is InChI=1S/C14H20N4O2.C12H17ClN2O2.C12H20N4O2.2C9H12N4.C7H9ClN2.C6H4ClNO.CH4.H4N2.H2O/c1-10-15-16-12-7-6-11(9-18(10)12)8-17(5)13(19)20-14(2,3)4;1-12(2,3)17-11(16)15(4)8-9-5-6-10(13)14-7-9;1-12(2,3)18-11(17)16(4)8-9-5-6-10(15-13)14-7-9;2*1-7-11-12-9-4-3-8(5-10-2)6-13(7)9;1-9-4-6-2-3-7(8)10-5-6;7-6-2-1-5(4-9)3-8-6;;1-2;/h6-7,9H,8H2,1-5H3;5-7H,8H2,1-4H3;5-7H,8,13H2,1-4H3,(H,14,15);2*3-4,6,10H,5H2,1-2H3;2-3,5,9H,4H2,1H3;1-4H;1H4;1-2H2;1H2. The zero-order valence-corrected chi connectivity index (χ0v) is 64.1. The van der Waals surface area contributed by atoms with Crippen molar-refractivity contribution in [1.29, 1.82) is 0 Å². The fourth-order valence-corrected chi connectivity index (χ4v) is 8.50. The van der Waals surface area contributed by atoms with Gasteiger partial charge in [0.2, 0.25) is 0 Å². The number of carbonyl (C=O) groups is 4. The molecule has 10 rings (SSSR count). The number of rotatable bonds is 14. The van der Waals surface area contributed by atoms with Crippen LogP contribution in [0.15, 0.2) is 128 Å². The topological polar surface area (TPSA) is 405 Å². The van der Waals surface area contributed by atoms with Crippen LogP contribution < -0.4 is 38.9 Å². The third-order valence-electron chi connectivity index (χ3n) is 12.9. The summed E-state index contributed by atoms with van der Waals surface area (Å²) < 4.78 is 21.7. The quantitative estimate of drug-likeness (QED) is 0.0175. The zero-order valence-electron chi connectivity index (χ0n) is 61.8. The highest BCUT2D eigenvalue weighted by Crippen LogP contribution is 2.17. The monoisotopic (exact) mass is 1500 g/mol. The van der Waals surface area contributed by atoms with Crippen molar-refractivity contribution in [3.63, 3.8) is 0 Å². The summed E-state index contributed by atoms with van der Waals surface area (Å²) >= 11 is 16.7. The summed E-state index contributed by atoms with van der Waals surface area (Å²) in [5, 5.41) is 34.7. The molecule has 0 spiro atoms. The molecule has 0 radical (unpaired) electrons. The molecule has 0 bridgehead atoms. The second kappa shape index (κ2) is 46.1. The number of nitrogens with zero attached hydrogens (tertiary/aromatic N) is 16. The molecule has 0 saturated carbocycles. The molecular weight excluding hydrogens is 1400 g/mol. The summed E-state index contributed by atoms with van der Waals surface area (Å²) in [5.41, 5.74) is 10.5. The summed E-state index contributed by atoms with van der Waals surface area (Å²) in [5.74, 6) is 16.5. The number of amides is 3. The van der Waals surface area contributed by atoms with Crippen LogP contribution in [0.5, 0.6) is 0 Å². The van der Waals surface area contributed by atoms with E-state index in [2.05, 4.69) is 108 Å². The molecule has 12 N–H and O–H groups in total. The fraction of sp³-hybridized carbons (Fsp3) is 0.400. The van der Waals surface area contributed by atoms with Crippen LogP contribution in [-0.4, -0.2) is 168 Å². The molecule has 0 atom stereocenters. The Kier molecular flexibility index (Phi) is 41.0. The van der Waals surface area contributed by atoms with E-state index < -0.39 is 16.8 Å². The van der Waals surface area contributed by atoms with Crippen molar-refractivity contribution < 1.29 is 38.9 Å². The predicted octanol–water partition coefficient (Wildman–Crippen LogP) is 10.4. The lowest BCUT2D eigenvalue weighted by Crippen LogP contribution is -2.33. The number of ether oxygens (including phenoxy) is 3. The number of aldehydes is 1. The van der Waals surface area contributed by atoms with E-state index in [1.165, 1.54) is 27.1 Å². The van der Waals surface area contributed by atoms with Gasteiger partial charge in [-0.25, -0.2) is 40.2 Å². The largest absolute Gasteiger partial charge is 0.444 e. The molecule has 0 aromatic carbocycles. The van der Waals surface area contributed by atoms with Gasteiger partial charge in [0.05, 0.1) is 19.6 Å². The third kappa shape index (κ3) is 35.0. The highest BCUT2D eigenvalue weighted by Gasteiger charge is 2.22. The Morgan fingerprint density at radius 1 is 0.452 bits per heavy atom. The molecule has 0 saturated heterocycles. The van der Waals surface area contributed by atoms with E-state index in [0.717, 1.165) is 82.6 Å². The highest BCUT2D eigenvalue weighted by atomic mass is 35.5. The van der Waals surface area contributed by atoms with Crippen LogP contribution in [0.3, 0.4) is 0 Å². The summed E-state index contributed by atoms with van der Waals surface area (Å²) in [7, 11) is 10.9. The van der Waals surface area contributed by atoms with E-state index in [1.54, 1.807) is 75.0 Å². The number of anilines is 1. The molecule has 10 heterocycles. The van der Waals surface area contributed by atoms with Crippen molar-refractivity contribution in [2.24, 2.45) is 17.5 Å². The van der Waals surface area contributed by atoms with Crippen molar-refractivity contribution >= 4 is 82.1 Å². The predicted molar refractivity (Wildman–Crippen MR) is 408 cm³/mol. The fourth-order valence-electron chi connectivity index (χ4n) is 8.17. The number of nitrogens with one attached hydrogen (secondary N) is 4. The van der Waals surface area contributed by atoms with E-state index in [0.29, 0.717) is 46.5 Å². The normalized spacial score (nSPS) is 10.5. The van der Waals surface area contributed by atoms with Gasteiger partial charge < -0.3 is 55.8 Å². The number of carbonyl (C=O) groups excluding carboxylic acids is 4. The number of hydrogen-bond donors (Lipinski definition) is 7. The lowest BCUT2D eigenvalue weighted by molar-refractivity contribution is 0.0275. The van der Waals surface area contributed by atoms with Crippen LogP contribution in [0, 0.1) is 20.8 Å². The molecule has 3 amide bonds. The summed E-state index contributed by atoms with van der Waals surface area (Å²) in [6.45, 7) is 26.3. The maximum absolute atomic E-state index is 11.9. The Morgan fingerprint density at radius 3 is 1.05 bits per heavy atom. The second-order valence-corrected chi connectivity index (χ2v) is 26.5. The minimum Gasteiger partial charge on any atom is -0.444 e. The number of aromatic nitrogens is 13. The van der Waals surface area contributed by atoms with Gasteiger partial charge >= 0.3 is 18.3 Å². The van der Waals surface area contributed by atoms with Crippen molar-refractivity contribution in [1.82, 2.24) is 94.4 Å². The average Bonchev–Trinajstić information content (AvgIpc) is 1.69. The van der Waals surface area contributed by atoms with Crippen LogP contribution in [0.1, 0.15) is 131 Å². The van der Waals surface area contributed by atoms with Gasteiger partial charge in [-0.1, -0.05) is 78.6 Å². The second-order valence-electron chi connectivity index (χ2n) is 25.3. The number of nitrogen functional groups attached to an aromatic ring is 1. The van der Waals surface area contributed by atoms with Crippen LogP contribution in [0.4, 0.5) is 20.2 Å². The molecule has 31 nitrogen and oxygen atoms in total. The van der Waals surface area contributed by atoms with E-state index in [-0.39, 0.29) is 31.2 Å². The van der Waals surface area contributed by atoms with Gasteiger partial charge in [0.15, 0.2) is 23.2 Å². The minimum absolute atomic E-state index is 0. The lowest BCUT2D eigenvalue weighted by Gasteiger charge is -2.24. The van der Waals surface area contributed by atoms with Crippen molar-refractivity contribution in [2.75, 3.05) is 47.7 Å². The Bertz CT molecular complexity index is 4050. The first-order valence-electron chi connectivity index (χ1n) is 31.8. The molecule has 104 heavy (non-hydrogen) atoms. The SMILES string of the molecule is C.CN(Cc1ccc(Cl)nc1)C(=O)OC(C)(C)C.CN(Cc1ccc(NN)nc1)C(=O)OC(C)(C)C.CNCc1ccc(Cl)nc1.CNCc1ccc2nnc(C)n2c1.CNCc1ccc2nnc(C)n2c1.Cc1nnc2ccc(CN(C)C(=O)OC(C)(C)C)cn12.NN.O.O=Cc1ccc(Cl)nc1. The van der Waals surface area contributed by atoms with Crippen LogP contribution in [0.25, 0.3) is 16.9 Å². The Balaban J connectivity index is 0.000000610. The molecule has 0 unspecified atom stereocenters. The van der Waals surface area contributed by atoms with Gasteiger partial charge in [-0.05, 0) is 186 Å². The molecule has 34 heteroatoms. The van der Waals surface area contributed by atoms with Crippen LogP contribution >= 0.6 is 34.8 Å². The first-order chi connectivity index (χ1) is 48.1. The van der Waals surface area contributed by atoms with Crippen LogP contribution in [-0.2, 0) is 53.5 Å². The Labute approximate surface area is 624 Å². The molecule has 0 aliphatic rings. The Hall–Kier alpha value is -9.67. The summed E-state index contributed by atoms with van der Waals surface area (Å²) in [4.78, 5) is 65.5. The highest BCUT2D eigenvalue weighted by molar-refractivity contribution is 6.29. The van der Waals surface area contributed by atoms with E-state index in [4.69, 9.17) is 54.9 Å². The molecule has 10 aromatic rings. The third-order valence-corrected chi connectivity index (χ3v) is 13.5. The van der Waals surface area contributed by atoms with E-state index in [1.807, 2.05) is 166 Å². The lowest BCUT2D eigenvalue weighted by atomic mass is 10.2. The maximum Gasteiger partial charge on any atom is 0.410 e. The van der Waals surface area contributed by atoms with Crippen LogP contribution in [0.2, 0.25) is 15.5 Å². The number of fused-ring (bicyclic) bond motifs is 3. The van der Waals surface area contributed by atoms with Gasteiger partial charge in [-0.15, -0.1) is 30.6 Å². The number of hydrazine groups is 2. The zero-order chi connectivity index (χ0) is 76.3. The number of hydrogen-bond acceptors (Lipinski definition) is 24. The minimum atomic E-state index is -0.489. The van der Waals surface area contributed by atoms with Crippen molar-refractivity contribution in [2.45, 2.75) is 147 Å². The van der Waals surface area contributed by atoms with Gasteiger partial charge in [0.1, 0.15) is 55.6 Å². The number of halogens is 3. The van der Waals surface area contributed by atoms with Gasteiger partial charge in [-0.3, -0.25) is 29.7 Å². The molecular formula is C70H104Cl3N23O8. The van der Waals surface area contributed by atoms with Crippen molar-refractivity contribution in [3.05, 3.63) is 200 Å². The van der Waals surface area contributed by atoms with E-state index >= 15 is 0 Å². The maximum atomic E-state index is 11.9. The molecule has 0 aliphatic heterocycles. The smallest absolute Gasteiger partial charge is 0.410 e. The van der Waals surface area contributed by atoms with Gasteiger partial charge in [0, 0.05) is 89.7 Å². The number of nitrogens with two attached hydrogens (primary N) is 3. The molecule has 0 fully saturated rings.